The second kappa shape index (κ2) is 7.61. The first-order valence-corrected chi connectivity index (χ1v) is 7.52. The highest BCUT2D eigenvalue weighted by Crippen LogP contribution is 2.31. The van der Waals surface area contributed by atoms with E-state index in [1.165, 1.54) is 13.2 Å². The van der Waals surface area contributed by atoms with Crippen LogP contribution in [0.25, 0.3) is 0 Å². The number of methoxy groups -OCH3 is 1. The van der Waals surface area contributed by atoms with Crippen molar-refractivity contribution in [1.29, 1.82) is 0 Å². The van der Waals surface area contributed by atoms with Crippen molar-refractivity contribution >= 4 is 23.2 Å². The first kappa shape index (κ1) is 18.2. The molecule has 0 bridgehead atoms. The molecule has 2 rings (SSSR count). The molecule has 0 aliphatic heterocycles. The molecule has 8 heteroatoms. The number of benzene rings is 1. The normalized spacial score (nSPS) is 11.5. The van der Waals surface area contributed by atoms with Crippen LogP contribution in [0.1, 0.15) is 12.5 Å². The summed E-state index contributed by atoms with van der Waals surface area (Å²) >= 11 is 0. The molecule has 0 saturated heterocycles. The minimum atomic E-state index is -0.728. The largest absolute Gasteiger partial charge is 0.479 e. The van der Waals surface area contributed by atoms with E-state index < -0.39 is 17.0 Å². The number of aromatic nitrogens is 1. The van der Waals surface area contributed by atoms with E-state index in [1.54, 1.807) is 56.3 Å². The van der Waals surface area contributed by atoms with E-state index in [4.69, 9.17) is 4.74 Å². The fraction of sp³-hybridized carbons (Fsp3) is 0.294. The van der Waals surface area contributed by atoms with Crippen LogP contribution in [-0.2, 0) is 9.53 Å². The van der Waals surface area contributed by atoms with Gasteiger partial charge in [0.15, 0.2) is 6.10 Å². The lowest BCUT2D eigenvalue weighted by Gasteiger charge is -2.19. The number of nitro groups is 1. The van der Waals surface area contributed by atoms with E-state index in [1.807, 2.05) is 0 Å². The highest BCUT2D eigenvalue weighted by Gasteiger charge is 2.20. The van der Waals surface area contributed by atoms with Gasteiger partial charge < -0.3 is 14.4 Å². The summed E-state index contributed by atoms with van der Waals surface area (Å²) in [6, 6.07) is 8.28. The van der Waals surface area contributed by atoms with Crippen LogP contribution >= 0.6 is 0 Å². The zero-order valence-corrected chi connectivity index (χ0v) is 14.4. The SMILES string of the molecule is COC(=O)C(C)Oc1ccc(N(C)c2ncc(C)cc2[N+](=O)[O-])cc1. The number of pyridine rings is 1. The van der Waals surface area contributed by atoms with Gasteiger partial charge in [-0.15, -0.1) is 0 Å². The first-order chi connectivity index (χ1) is 11.8. The zero-order valence-electron chi connectivity index (χ0n) is 14.4. The van der Waals surface area contributed by atoms with Gasteiger partial charge in [0.25, 0.3) is 0 Å². The van der Waals surface area contributed by atoms with Crippen LogP contribution in [0.3, 0.4) is 0 Å². The van der Waals surface area contributed by atoms with E-state index in [2.05, 4.69) is 9.72 Å². The summed E-state index contributed by atoms with van der Waals surface area (Å²) in [5.41, 5.74) is 1.34. The van der Waals surface area contributed by atoms with E-state index in [0.29, 0.717) is 17.0 Å². The van der Waals surface area contributed by atoms with Crippen molar-refractivity contribution in [2.24, 2.45) is 0 Å². The van der Waals surface area contributed by atoms with Crippen molar-refractivity contribution in [3.05, 3.63) is 52.2 Å². The zero-order chi connectivity index (χ0) is 18.6. The predicted molar refractivity (Wildman–Crippen MR) is 92.2 cm³/mol. The lowest BCUT2D eigenvalue weighted by molar-refractivity contribution is -0.384. The van der Waals surface area contributed by atoms with E-state index in [0.717, 1.165) is 0 Å². The summed E-state index contributed by atoms with van der Waals surface area (Å²) in [6.45, 7) is 3.34. The molecular weight excluding hydrogens is 326 g/mol. The Kier molecular flexibility index (Phi) is 5.53. The quantitative estimate of drug-likeness (QED) is 0.451. The summed E-state index contributed by atoms with van der Waals surface area (Å²) in [4.78, 5) is 28.0. The molecule has 0 aliphatic carbocycles. The van der Waals surface area contributed by atoms with Crippen molar-refractivity contribution in [2.45, 2.75) is 20.0 Å². The summed E-state index contributed by atoms with van der Waals surface area (Å²) in [5, 5.41) is 11.3. The second-order valence-electron chi connectivity index (χ2n) is 5.45. The Labute approximate surface area is 145 Å². The van der Waals surface area contributed by atoms with Crippen LogP contribution in [0.5, 0.6) is 5.75 Å². The molecule has 0 N–H and O–H groups in total. The summed E-state index contributed by atoms with van der Waals surface area (Å²) in [6.07, 6.45) is 0.849. The van der Waals surface area contributed by atoms with Crippen molar-refractivity contribution in [3.8, 4) is 5.75 Å². The Balaban J connectivity index is 2.22. The molecule has 1 aromatic heterocycles. The fourth-order valence-corrected chi connectivity index (χ4v) is 2.23. The maximum atomic E-state index is 11.4. The van der Waals surface area contributed by atoms with Gasteiger partial charge in [-0.1, -0.05) is 0 Å². The monoisotopic (exact) mass is 345 g/mol. The van der Waals surface area contributed by atoms with Crippen LogP contribution < -0.4 is 9.64 Å². The lowest BCUT2D eigenvalue weighted by Crippen LogP contribution is -2.24. The number of carbonyl (C=O) groups is 1. The molecule has 0 spiro atoms. The van der Waals surface area contributed by atoms with Crippen LogP contribution in [0, 0.1) is 17.0 Å². The van der Waals surface area contributed by atoms with Crippen LogP contribution in [-0.4, -0.2) is 36.1 Å². The van der Waals surface area contributed by atoms with Crippen LogP contribution in [0.4, 0.5) is 17.2 Å². The van der Waals surface area contributed by atoms with E-state index in [9.17, 15) is 14.9 Å². The van der Waals surface area contributed by atoms with Gasteiger partial charge in [0.05, 0.1) is 12.0 Å². The minimum Gasteiger partial charge on any atom is -0.479 e. The third-order valence-electron chi connectivity index (χ3n) is 3.57. The van der Waals surface area contributed by atoms with Gasteiger partial charge in [-0.25, -0.2) is 9.78 Å². The molecule has 1 heterocycles. The molecule has 2 aromatic rings. The molecule has 25 heavy (non-hydrogen) atoms. The lowest BCUT2D eigenvalue weighted by atomic mass is 10.2. The van der Waals surface area contributed by atoms with E-state index in [-0.39, 0.29) is 11.5 Å². The predicted octanol–water partition coefficient (Wildman–Crippen LogP) is 3.01. The number of ether oxygens (including phenoxy) is 2. The van der Waals surface area contributed by atoms with Crippen molar-refractivity contribution in [3.63, 3.8) is 0 Å². The van der Waals surface area contributed by atoms with Crippen molar-refractivity contribution in [2.75, 3.05) is 19.1 Å². The average Bonchev–Trinajstić information content (AvgIpc) is 2.60. The summed E-state index contributed by atoms with van der Waals surface area (Å²) in [7, 11) is 2.99. The second-order valence-corrected chi connectivity index (χ2v) is 5.45. The maximum Gasteiger partial charge on any atom is 0.346 e. The average molecular weight is 345 g/mol. The fourth-order valence-electron chi connectivity index (χ4n) is 2.23. The smallest absolute Gasteiger partial charge is 0.346 e. The molecule has 0 amide bonds. The van der Waals surface area contributed by atoms with Gasteiger partial charge in [-0.3, -0.25) is 10.1 Å². The summed E-state index contributed by atoms with van der Waals surface area (Å²) < 4.78 is 10.1. The minimum absolute atomic E-state index is 0.0675. The molecule has 0 saturated carbocycles. The van der Waals surface area contributed by atoms with Crippen LogP contribution in [0.2, 0.25) is 0 Å². The van der Waals surface area contributed by atoms with Gasteiger partial charge in [0.2, 0.25) is 5.82 Å². The van der Waals surface area contributed by atoms with Crippen molar-refractivity contribution < 1.29 is 19.2 Å². The Morgan fingerprint density at radius 3 is 2.52 bits per heavy atom. The highest BCUT2D eigenvalue weighted by atomic mass is 16.6. The number of hydrogen-bond donors (Lipinski definition) is 0. The highest BCUT2D eigenvalue weighted by molar-refractivity contribution is 5.74. The Morgan fingerprint density at radius 1 is 1.32 bits per heavy atom. The Morgan fingerprint density at radius 2 is 1.96 bits per heavy atom. The van der Waals surface area contributed by atoms with Gasteiger partial charge in [-0.2, -0.15) is 0 Å². The van der Waals surface area contributed by atoms with Gasteiger partial charge in [0.1, 0.15) is 5.75 Å². The molecule has 0 aliphatic rings. The number of rotatable bonds is 6. The topological polar surface area (TPSA) is 94.8 Å². The molecule has 8 nitrogen and oxygen atoms in total. The molecule has 132 valence electrons. The summed E-state index contributed by atoms with van der Waals surface area (Å²) in [5.74, 6) is 0.259. The molecule has 1 atom stereocenters. The molecule has 0 fully saturated rings. The van der Waals surface area contributed by atoms with Crippen LogP contribution in [0.15, 0.2) is 36.5 Å². The number of aryl methyl sites for hydroxylation is 1. The number of esters is 1. The molecule has 1 unspecified atom stereocenters. The molecule has 1 aromatic carbocycles. The molecule has 0 radical (unpaired) electrons. The third-order valence-corrected chi connectivity index (χ3v) is 3.57. The number of anilines is 2. The van der Waals surface area contributed by atoms with Crippen molar-refractivity contribution in [1.82, 2.24) is 4.98 Å². The first-order valence-electron chi connectivity index (χ1n) is 7.52. The Hall–Kier alpha value is -3.16. The number of nitrogens with zero attached hydrogens (tertiary/aromatic N) is 3. The van der Waals surface area contributed by atoms with Gasteiger partial charge in [0, 0.05) is 25.0 Å². The number of hydrogen-bond acceptors (Lipinski definition) is 7. The number of carbonyl (C=O) groups excluding carboxylic acids is 1. The van der Waals surface area contributed by atoms with Gasteiger partial charge in [-0.05, 0) is 43.7 Å². The standard InChI is InChI=1S/C17H19N3O5/c1-11-9-15(20(22)23)16(18-10-11)19(3)13-5-7-14(8-6-13)25-12(2)17(21)24-4/h5-10,12H,1-4H3. The van der Waals surface area contributed by atoms with Gasteiger partial charge >= 0.3 is 11.7 Å². The molecular formula is C17H19N3O5. The van der Waals surface area contributed by atoms with E-state index >= 15 is 0 Å². The maximum absolute atomic E-state index is 11.4. The Bertz CT molecular complexity index is 776. The third kappa shape index (κ3) is 4.23.